The largest absolute Gasteiger partial charge is 0.264 e. The van der Waals surface area contributed by atoms with E-state index in [9.17, 15) is 17.2 Å². The standard InChI is InChI=1S/C7H6ClF2NO3S/c1-15(12,13)14-3-5-7(10)6(8)4(9)2-11-5/h2H,3H2,1H3. The zero-order chi connectivity index (χ0) is 11.6. The van der Waals surface area contributed by atoms with Crippen LogP contribution in [-0.2, 0) is 20.9 Å². The molecular formula is C7H6ClF2NO3S. The van der Waals surface area contributed by atoms with Crippen molar-refractivity contribution in [1.29, 1.82) is 0 Å². The van der Waals surface area contributed by atoms with Crippen LogP contribution < -0.4 is 0 Å². The summed E-state index contributed by atoms with van der Waals surface area (Å²) in [6, 6.07) is 0. The van der Waals surface area contributed by atoms with E-state index in [4.69, 9.17) is 11.6 Å². The fourth-order valence-electron chi connectivity index (χ4n) is 0.743. The van der Waals surface area contributed by atoms with Crippen molar-refractivity contribution in [2.75, 3.05) is 6.26 Å². The molecule has 0 fully saturated rings. The lowest BCUT2D eigenvalue weighted by Gasteiger charge is -2.03. The molecule has 0 aliphatic heterocycles. The minimum absolute atomic E-state index is 0.369. The highest BCUT2D eigenvalue weighted by Crippen LogP contribution is 2.20. The van der Waals surface area contributed by atoms with Crippen LogP contribution in [0.5, 0.6) is 0 Å². The third-order valence-electron chi connectivity index (χ3n) is 1.40. The number of halogens is 3. The summed E-state index contributed by atoms with van der Waals surface area (Å²) in [5.41, 5.74) is -0.369. The van der Waals surface area contributed by atoms with E-state index < -0.39 is 33.4 Å². The molecule has 1 rings (SSSR count). The molecule has 1 aromatic rings. The first kappa shape index (κ1) is 12.3. The second-order valence-electron chi connectivity index (χ2n) is 2.65. The van der Waals surface area contributed by atoms with Crippen LogP contribution in [-0.4, -0.2) is 19.7 Å². The summed E-state index contributed by atoms with van der Waals surface area (Å²) >= 11 is 5.24. The van der Waals surface area contributed by atoms with E-state index in [-0.39, 0.29) is 5.69 Å². The minimum Gasteiger partial charge on any atom is -0.264 e. The fourth-order valence-corrected chi connectivity index (χ4v) is 1.23. The van der Waals surface area contributed by atoms with Crippen molar-refractivity contribution in [2.24, 2.45) is 0 Å². The number of hydrogen-bond acceptors (Lipinski definition) is 4. The monoisotopic (exact) mass is 257 g/mol. The lowest BCUT2D eigenvalue weighted by molar-refractivity contribution is 0.300. The van der Waals surface area contributed by atoms with Gasteiger partial charge in [0.2, 0.25) is 0 Å². The molecule has 0 spiro atoms. The van der Waals surface area contributed by atoms with E-state index in [1.165, 1.54) is 0 Å². The molecule has 0 unspecified atom stereocenters. The molecule has 8 heteroatoms. The molecule has 0 saturated heterocycles. The van der Waals surface area contributed by atoms with Gasteiger partial charge in [0, 0.05) is 0 Å². The fraction of sp³-hybridized carbons (Fsp3) is 0.286. The summed E-state index contributed by atoms with van der Waals surface area (Å²) in [6.07, 6.45) is 1.49. The highest BCUT2D eigenvalue weighted by atomic mass is 35.5. The topological polar surface area (TPSA) is 56.3 Å². The van der Waals surface area contributed by atoms with E-state index in [2.05, 4.69) is 9.17 Å². The Bertz CT molecular complexity index is 477. The van der Waals surface area contributed by atoms with Crippen LogP contribution in [0.2, 0.25) is 5.02 Å². The van der Waals surface area contributed by atoms with Crippen LogP contribution in [0.15, 0.2) is 6.20 Å². The van der Waals surface area contributed by atoms with Crippen molar-refractivity contribution in [3.63, 3.8) is 0 Å². The van der Waals surface area contributed by atoms with Gasteiger partial charge in [-0.3, -0.25) is 9.17 Å². The molecule has 0 aliphatic carbocycles. The average Bonchev–Trinajstić information content (AvgIpc) is 2.12. The predicted molar refractivity (Wildman–Crippen MR) is 48.8 cm³/mol. The third-order valence-corrected chi connectivity index (χ3v) is 2.29. The van der Waals surface area contributed by atoms with Gasteiger partial charge in [-0.25, -0.2) is 8.78 Å². The molecule has 0 aromatic carbocycles. The van der Waals surface area contributed by atoms with Crippen molar-refractivity contribution in [3.05, 3.63) is 28.5 Å². The molecule has 0 saturated carbocycles. The lowest BCUT2D eigenvalue weighted by Crippen LogP contribution is -2.06. The molecule has 4 nitrogen and oxygen atoms in total. The number of aromatic nitrogens is 1. The molecule has 1 aromatic heterocycles. The van der Waals surface area contributed by atoms with Crippen LogP contribution >= 0.6 is 11.6 Å². The van der Waals surface area contributed by atoms with Crippen LogP contribution in [0.3, 0.4) is 0 Å². The first-order valence-electron chi connectivity index (χ1n) is 3.64. The Labute approximate surface area is 90.0 Å². The van der Waals surface area contributed by atoms with Gasteiger partial charge >= 0.3 is 0 Å². The van der Waals surface area contributed by atoms with Crippen LogP contribution in [0.1, 0.15) is 5.69 Å². The first-order valence-corrected chi connectivity index (χ1v) is 5.83. The smallest absolute Gasteiger partial charge is 0.264 e. The van der Waals surface area contributed by atoms with Gasteiger partial charge in [-0.05, 0) is 0 Å². The second kappa shape index (κ2) is 4.38. The predicted octanol–water partition coefficient (Wildman–Crippen LogP) is 1.49. The van der Waals surface area contributed by atoms with Gasteiger partial charge in [0.1, 0.15) is 17.3 Å². The van der Waals surface area contributed by atoms with Gasteiger partial charge < -0.3 is 0 Å². The quantitative estimate of drug-likeness (QED) is 0.770. The van der Waals surface area contributed by atoms with E-state index in [0.29, 0.717) is 6.20 Å². The summed E-state index contributed by atoms with van der Waals surface area (Å²) in [5.74, 6) is -2.14. The average molecular weight is 258 g/mol. The van der Waals surface area contributed by atoms with E-state index in [1.54, 1.807) is 0 Å². The normalized spacial score (nSPS) is 11.7. The molecule has 0 aliphatic rings. The number of rotatable bonds is 3. The molecule has 0 N–H and O–H groups in total. The third kappa shape index (κ3) is 3.37. The minimum atomic E-state index is -3.71. The summed E-state index contributed by atoms with van der Waals surface area (Å²) in [6.45, 7) is -0.620. The van der Waals surface area contributed by atoms with Gasteiger partial charge in [0.05, 0.1) is 12.5 Å². The van der Waals surface area contributed by atoms with Gasteiger partial charge in [-0.15, -0.1) is 0 Å². The zero-order valence-electron chi connectivity index (χ0n) is 7.50. The van der Waals surface area contributed by atoms with E-state index >= 15 is 0 Å². The Balaban J connectivity index is 2.93. The molecule has 1 heterocycles. The summed E-state index contributed by atoms with van der Waals surface area (Å²) < 4.78 is 51.2. The highest BCUT2D eigenvalue weighted by Gasteiger charge is 2.14. The molecule has 15 heavy (non-hydrogen) atoms. The Kier molecular flexibility index (Phi) is 3.58. The maximum atomic E-state index is 13.1. The molecule has 0 amide bonds. The molecule has 0 radical (unpaired) electrons. The molecule has 0 bridgehead atoms. The molecular weight excluding hydrogens is 252 g/mol. The summed E-state index contributed by atoms with van der Waals surface area (Å²) in [7, 11) is -3.71. The first-order chi connectivity index (χ1) is 6.81. The Morgan fingerprint density at radius 3 is 2.67 bits per heavy atom. The number of hydrogen-bond donors (Lipinski definition) is 0. The van der Waals surface area contributed by atoms with Crippen molar-refractivity contribution < 1.29 is 21.4 Å². The second-order valence-corrected chi connectivity index (χ2v) is 4.67. The van der Waals surface area contributed by atoms with Crippen LogP contribution in [0.4, 0.5) is 8.78 Å². The van der Waals surface area contributed by atoms with Crippen molar-refractivity contribution in [1.82, 2.24) is 4.98 Å². The lowest BCUT2D eigenvalue weighted by atomic mass is 10.3. The Hall–Kier alpha value is -0.790. The zero-order valence-corrected chi connectivity index (χ0v) is 9.07. The Morgan fingerprint density at radius 2 is 2.13 bits per heavy atom. The maximum absolute atomic E-state index is 13.1. The highest BCUT2D eigenvalue weighted by molar-refractivity contribution is 7.85. The molecule has 84 valence electrons. The van der Waals surface area contributed by atoms with Gasteiger partial charge in [-0.2, -0.15) is 8.42 Å². The van der Waals surface area contributed by atoms with Gasteiger partial charge in [0.25, 0.3) is 10.1 Å². The van der Waals surface area contributed by atoms with Crippen molar-refractivity contribution in [2.45, 2.75) is 6.61 Å². The summed E-state index contributed by atoms with van der Waals surface area (Å²) in [5, 5.41) is -0.739. The molecule has 0 atom stereocenters. The van der Waals surface area contributed by atoms with Crippen molar-refractivity contribution in [3.8, 4) is 0 Å². The summed E-state index contributed by atoms with van der Waals surface area (Å²) in [4.78, 5) is 3.32. The Morgan fingerprint density at radius 1 is 1.53 bits per heavy atom. The SMILES string of the molecule is CS(=O)(=O)OCc1ncc(F)c(Cl)c1F. The van der Waals surface area contributed by atoms with Gasteiger partial charge in [0.15, 0.2) is 11.6 Å². The maximum Gasteiger partial charge on any atom is 0.264 e. The number of pyridine rings is 1. The van der Waals surface area contributed by atoms with E-state index in [0.717, 1.165) is 6.26 Å². The van der Waals surface area contributed by atoms with Gasteiger partial charge in [-0.1, -0.05) is 11.6 Å². The van der Waals surface area contributed by atoms with Crippen LogP contribution in [0.25, 0.3) is 0 Å². The van der Waals surface area contributed by atoms with Crippen LogP contribution in [0, 0.1) is 11.6 Å². The van der Waals surface area contributed by atoms with E-state index in [1.807, 2.05) is 0 Å². The van der Waals surface area contributed by atoms with Crippen molar-refractivity contribution >= 4 is 21.7 Å². The number of nitrogens with zero attached hydrogens (tertiary/aromatic N) is 1.